The van der Waals surface area contributed by atoms with Crippen molar-refractivity contribution in [1.29, 1.82) is 0 Å². The lowest BCUT2D eigenvalue weighted by Crippen LogP contribution is -2.58. The zero-order valence-corrected chi connectivity index (χ0v) is 31.2. The molecule has 0 bridgehead atoms. The molecule has 1 amide bonds. The second kappa shape index (κ2) is 19.0. The summed E-state index contributed by atoms with van der Waals surface area (Å²) in [6.07, 6.45) is -2.45. The molecule has 0 saturated carbocycles. The zero-order chi connectivity index (χ0) is 37.7. The Hall–Kier alpha value is -3.79. The fourth-order valence-electron chi connectivity index (χ4n) is 5.00. The maximum absolute atomic E-state index is 12.9. The number of nitrogens with zero attached hydrogens (tertiary/aromatic N) is 4. The van der Waals surface area contributed by atoms with Gasteiger partial charge >= 0.3 is 30.0 Å². The molecule has 0 spiro atoms. The van der Waals surface area contributed by atoms with Crippen LogP contribution >= 0.6 is 0 Å². The van der Waals surface area contributed by atoms with Crippen LogP contribution < -0.4 is 10.1 Å². The first-order valence-electron chi connectivity index (χ1n) is 16.9. The molecule has 50 heavy (non-hydrogen) atoms. The lowest BCUT2D eigenvalue weighted by molar-refractivity contribution is -0.158. The highest BCUT2D eigenvalue weighted by Gasteiger charge is 2.31. The van der Waals surface area contributed by atoms with Gasteiger partial charge in [0.1, 0.15) is 22.6 Å². The molecule has 15 heteroatoms. The average molecular weight is 708 g/mol. The van der Waals surface area contributed by atoms with Crippen molar-refractivity contribution in [2.24, 2.45) is 0 Å². The van der Waals surface area contributed by atoms with E-state index < -0.39 is 52.9 Å². The number of carboxylic acid groups (broad SMARTS) is 1. The lowest BCUT2D eigenvalue weighted by atomic mass is 10.2. The van der Waals surface area contributed by atoms with Gasteiger partial charge in [-0.3, -0.25) is 39.3 Å². The molecule has 1 fully saturated rings. The van der Waals surface area contributed by atoms with Gasteiger partial charge < -0.3 is 24.1 Å². The number of ether oxygens (including phenoxy) is 4. The molecule has 0 aromatic heterocycles. The third-order valence-corrected chi connectivity index (χ3v) is 7.00. The smallest absolute Gasteiger partial charge is 0.414 e. The molecule has 15 nitrogen and oxygen atoms in total. The van der Waals surface area contributed by atoms with E-state index in [2.05, 4.69) is 5.32 Å². The van der Waals surface area contributed by atoms with Crippen LogP contribution in [-0.4, -0.2) is 150 Å². The Morgan fingerprint density at radius 3 is 1.28 bits per heavy atom. The average Bonchev–Trinajstić information content (AvgIpc) is 2.93. The number of carbonyl (C=O) groups is 5. The Bertz CT molecular complexity index is 1230. The molecule has 1 heterocycles. The number of amides is 1. The van der Waals surface area contributed by atoms with Crippen LogP contribution in [0.3, 0.4) is 0 Å². The minimum absolute atomic E-state index is 0.0154. The van der Waals surface area contributed by atoms with Crippen LogP contribution in [0.1, 0.15) is 62.3 Å². The molecule has 2 rings (SSSR count). The van der Waals surface area contributed by atoms with Crippen molar-refractivity contribution >= 4 is 30.0 Å². The van der Waals surface area contributed by atoms with E-state index >= 15 is 0 Å². The van der Waals surface area contributed by atoms with Crippen LogP contribution in [0.2, 0.25) is 0 Å². The van der Waals surface area contributed by atoms with Crippen molar-refractivity contribution < 1.29 is 48.0 Å². The normalized spacial score (nSPS) is 17.4. The Kier molecular flexibility index (Phi) is 16.1. The molecule has 2 N–H and O–H groups in total. The second-order valence-corrected chi connectivity index (χ2v) is 15.2. The molecule has 0 radical (unpaired) electrons. The molecule has 1 aromatic carbocycles. The Balaban J connectivity index is 2.39. The second-order valence-electron chi connectivity index (χ2n) is 15.2. The predicted octanol–water partition coefficient (Wildman–Crippen LogP) is 2.43. The first-order chi connectivity index (χ1) is 23.1. The van der Waals surface area contributed by atoms with Gasteiger partial charge in [-0.15, -0.1) is 0 Å². The van der Waals surface area contributed by atoms with Gasteiger partial charge in [-0.25, -0.2) is 9.59 Å². The Morgan fingerprint density at radius 2 is 0.960 bits per heavy atom. The number of rotatable bonds is 10. The van der Waals surface area contributed by atoms with Crippen molar-refractivity contribution in [2.45, 2.75) is 85.3 Å². The summed E-state index contributed by atoms with van der Waals surface area (Å²) in [5, 5.41) is 12.7. The van der Waals surface area contributed by atoms with Crippen molar-refractivity contribution in [1.82, 2.24) is 24.9 Å². The molecule has 1 aromatic rings. The number of para-hydroxylation sites is 1. The molecule has 1 aliphatic rings. The van der Waals surface area contributed by atoms with Gasteiger partial charge in [-0.2, -0.15) is 0 Å². The van der Waals surface area contributed by atoms with E-state index in [1.165, 1.54) is 0 Å². The number of carboxylic acids is 1. The van der Waals surface area contributed by atoms with Gasteiger partial charge in [-0.05, 0) is 74.4 Å². The van der Waals surface area contributed by atoms with Gasteiger partial charge in [-0.1, -0.05) is 18.2 Å². The number of esters is 3. The highest BCUT2D eigenvalue weighted by molar-refractivity contribution is 5.80. The Labute approximate surface area is 296 Å². The van der Waals surface area contributed by atoms with Gasteiger partial charge in [0, 0.05) is 52.4 Å². The molecule has 1 aliphatic heterocycles. The first-order valence-corrected chi connectivity index (χ1v) is 16.9. The van der Waals surface area contributed by atoms with Crippen LogP contribution in [0.5, 0.6) is 5.75 Å². The number of hydrogen-bond acceptors (Lipinski definition) is 13. The van der Waals surface area contributed by atoms with E-state index in [1.54, 1.807) is 97.5 Å². The number of nitrogens with one attached hydrogen (secondary N) is 1. The summed E-state index contributed by atoms with van der Waals surface area (Å²) in [6.45, 7) is 17.8. The predicted molar refractivity (Wildman–Crippen MR) is 185 cm³/mol. The van der Waals surface area contributed by atoms with Crippen LogP contribution in [0.25, 0.3) is 0 Å². The summed E-state index contributed by atoms with van der Waals surface area (Å²) in [7, 11) is 0. The summed E-state index contributed by atoms with van der Waals surface area (Å²) < 4.78 is 22.0. The van der Waals surface area contributed by atoms with Gasteiger partial charge in [0.05, 0.1) is 19.6 Å². The highest BCUT2D eigenvalue weighted by atomic mass is 16.6. The lowest BCUT2D eigenvalue weighted by Gasteiger charge is -2.36. The van der Waals surface area contributed by atoms with Crippen LogP contribution in [0.15, 0.2) is 30.3 Å². The van der Waals surface area contributed by atoms with Crippen LogP contribution in [0.4, 0.5) is 4.79 Å². The molecule has 1 atom stereocenters. The summed E-state index contributed by atoms with van der Waals surface area (Å²) in [6, 6.07) is 8.26. The Morgan fingerprint density at radius 1 is 0.620 bits per heavy atom. The quantitative estimate of drug-likeness (QED) is 0.269. The molecular formula is C35H57N5O10. The molecule has 1 saturated heterocycles. The number of hydrogen-bond donors (Lipinski definition) is 2. The number of benzene rings is 1. The zero-order valence-electron chi connectivity index (χ0n) is 31.2. The highest BCUT2D eigenvalue weighted by Crippen LogP contribution is 2.13. The van der Waals surface area contributed by atoms with E-state index in [0.29, 0.717) is 26.2 Å². The van der Waals surface area contributed by atoms with E-state index in [9.17, 15) is 29.1 Å². The molecule has 282 valence electrons. The van der Waals surface area contributed by atoms with Gasteiger partial charge in [0.15, 0.2) is 6.17 Å². The van der Waals surface area contributed by atoms with Gasteiger partial charge in [0.25, 0.3) is 0 Å². The van der Waals surface area contributed by atoms with Gasteiger partial charge in [0.2, 0.25) is 0 Å². The monoisotopic (exact) mass is 707 g/mol. The van der Waals surface area contributed by atoms with Crippen molar-refractivity contribution in [3.05, 3.63) is 30.3 Å². The molecule has 0 aliphatic carbocycles. The largest absolute Gasteiger partial charge is 0.479 e. The van der Waals surface area contributed by atoms with Crippen molar-refractivity contribution in [2.75, 3.05) is 72.0 Å². The van der Waals surface area contributed by atoms with E-state index in [0.717, 1.165) is 0 Å². The summed E-state index contributed by atoms with van der Waals surface area (Å²) in [5.74, 6) is -2.41. The fraction of sp³-hybridized carbons (Fsp3) is 0.686. The van der Waals surface area contributed by atoms with Crippen LogP contribution in [0, 0.1) is 0 Å². The fourth-order valence-corrected chi connectivity index (χ4v) is 5.00. The SMILES string of the molecule is CC(C)(C)OC(=O)CN1CCN(CC(=O)OC(C)(C)C)CCN(C(NC(=O)Oc2ccccc2)C(=O)O)CCN(CC(=O)OC(C)(C)C)CC1. The van der Waals surface area contributed by atoms with E-state index in [1.807, 2.05) is 14.7 Å². The standard InChI is InChI=1S/C35H57N5O10/c1-33(2,3)48-27(41)23-37-15-17-38(24-28(42)49-34(4,5)6)19-21-40(22-20-39(18-16-37)25-29(43)50-35(7,8)9)30(31(44)45)36-32(46)47-26-13-11-10-12-14-26/h10-14,30H,15-25H2,1-9H3,(H,36,46)(H,44,45). The third-order valence-electron chi connectivity index (χ3n) is 7.00. The first kappa shape index (κ1) is 42.4. The minimum Gasteiger partial charge on any atom is -0.479 e. The number of carbonyl (C=O) groups excluding carboxylic acids is 4. The number of aliphatic carboxylic acids is 1. The van der Waals surface area contributed by atoms with E-state index in [-0.39, 0.29) is 51.6 Å². The van der Waals surface area contributed by atoms with Crippen LogP contribution in [-0.2, 0) is 33.4 Å². The maximum Gasteiger partial charge on any atom is 0.414 e. The van der Waals surface area contributed by atoms with E-state index in [4.69, 9.17) is 18.9 Å². The topological polar surface area (TPSA) is 167 Å². The molecular weight excluding hydrogens is 650 g/mol. The van der Waals surface area contributed by atoms with Crippen molar-refractivity contribution in [3.63, 3.8) is 0 Å². The summed E-state index contributed by atoms with van der Waals surface area (Å²) in [5.41, 5.74) is -2.11. The van der Waals surface area contributed by atoms with Crippen molar-refractivity contribution in [3.8, 4) is 5.75 Å². The molecule has 1 unspecified atom stereocenters. The summed E-state index contributed by atoms with van der Waals surface area (Å²) in [4.78, 5) is 71.3. The minimum atomic E-state index is -1.50. The maximum atomic E-state index is 12.9. The summed E-state index contributed by atoms with van der Waals surface area (Å²) >= 11 is 0. The third kappa shape index (κ3) is 18.3.